The number of hydrogen-bond acceptors (Lipinski definition) is 3. The minimum atomic E-state index is -0.352. The number of carbonyl (C=O) groups excluding carboxylic acids is 2. The minimum absolute atomic E-state index is 0.0165. The summed E-state index contributed by atoms with van der Waals surface area (Å²) in [5.74, 6) is 0.674. The molecule has 1 heterocycles. The van der Waals surface area contributed by atoms with Gasteiger partial charge in [-0.3, -0.25) is 9.59 Å². The van der Waals surface area contributed by atoms with Crippen LogP contribution in [0.4, 0.5) is 11.4 Å². The molecule has 1 saturated heterocycles. The Morgan fingerprint density at radius 1 is 1.12 bits per heavy atom. The van der Waals surface area contributed by atoms with E-state index in [2.05, 4.69) is 19.2 Å². The molecule has 2 aromatic carbocycles. The Kier molecular flexibility index (Phi) is 5.26. The molecule has 1 aliphatic heterocycles. The van der Waals surface area contributed by atoms with Crippen LogP contribution in [0.3, 0.4) is 0 Å². The molecule has 1 fully saturated rings. The third kappa shape index (κ3) is 3.87. The van der Waals surface area contributed by atoms with Gasteiger partial charge in [0.15, 0.2) is 0 Å². The molecule has 0 saturated carbocycles. The molecule has 5 heteroatoms. The zero-order valence-electron chi connectivity index (χ0n) is 15.4. The van der Waals surface area contributed by atoms with Crippen LogP contribution >= 0.6 is 0 Å². The number of methoxy groups -OCH3 is 1. The highest BCUT2D eigenvalue weighted by atomic mass is 16.5. The average Bonchev–Trinajstić information content (AvgIpc) is 3.04. The summed E-state index contributed by atoms with van der Waals surface area (Å²) in [7, 11) is 1.60. The van der Waals surface area contributed by atoms with Crippen LogP contribution in [-0.2, 0) is 9.59 Å². The number of rotatable bonds is 5. The average molecular weight is 352 g/mol. The lowest BCUT2D eigenvalue weighted by atomic mass is 10.0. The van der Waals surface area contributed by atoms with Gasteiger partial charge in [-0.05, 0) is 47.9 Å². The van der Waals surface area contributed by atoms with Gasteiger partial charge in [-0.15, -0.1) is 0 Å². The van der Waals surface area contributed by atoms with Crippen molar-refractivity contribution in [3.63, 3.8) is 0 Å². The van der Waals surface area contributed by atoms with Gasteiger partial charge in [0.25, 0.3) is 0 Å². The molecule has 1 atom stereocenters. The van der Waals surface area contributed by atoms with E-state index >= 15 is 0 Å². The van der Waals surface area contributed by atoms with Crippen molar-refractivity contribution >= 4 is 23.2 Å². The summed E-state index contributed by atoms with van der Waals surface area (Å²) in [5.41, 5.74) is 2.77. The first-order valence-electron chi connectivity index (χ1n) is 8.83. The standard InChI is InChI=1S/C21H24N2O3/c1-14(2)15-4-8-18(9-5-15)23-13-16(12-20(23)24)21(25)22-17-6-10-19(26-3)11-7-17/h4-11,14,16H,12-13H2,1-3H3,(H,22,25). The first-order chi connectivity index (χ1) is 12.5. The topological polar surface area (TPSA) is 58.6 Å². The van der Waals surface area contributed by atoms with Crippen LogP contribution in [0.1, 0.15) is 31.7 Å². The number of nitrogens with zero attached hydrogens (tertiary/aromatic N) is 1. The van der Waals surface area contributed by atoms with E-state index in [1.54, 1.807) is 36.3 Å². The van der Waals surface area contributed by atoms with Crippen molar-refractivity contribution in [2.75, 3.05) is 23.9 Å². The van der Waals surface area contributed by atoms with E-state index in [1.165, 1.54) is 5.56 Å². The van der Waals surface area contributed by atoms with Crippen LogP contribution in [0, 0.1) is 5.92 Å². The molecular formula is C21H24N2O3. The second-order valence-electron chi connectivity index (χ2n) is 6.87. The van der Waals surface area contributed by atoms with Gasteiger partial charge in [0.2, 0.25) is 11.8 Å². The maximum absolute atomic E-state index is 12.5. The van der Waals surface area contributed by atoms with Gasteiger partial charge in [-0.2, -0.15) is 0 Å². The molecule has 136 valence electrons. The fraction of sp³-hybridized carbons (Fsp3) is 0.333. The van der Waals surface area contributed by atoms with E-state index in [9.17, 15) is 9.59 Å². The molecule has 0 bridgehead atoms. The molecule has 5 nitrogen and oxygen atoms in total. The highest BCUT2D eigenvalue weighted by Crippen LogP contribution is 2.27. The van der Waals surface area contributed by atoms with Crippen molar-refractivity contribution in [3.8, 4) is 5.75 Å². The van der Waals surface area contributed by atoms with E-state index < -0.39 is 0 Å². The van der Waals surface area contributed by atoms with Gasteiger partial charge >= 0.3 is 0 Å². The number of anilines is 2. The second kappa shape index (κ2) is 7.60. The molecule has 1 unspecified atom stereocenters. The molecule has 0 spiro atoms. The molecule has 1 N–H and O–H groups in total. The molecule has 0 aromatic heterocycles. The van der Waals surface area contributed by atoms with E-state index in [4.69, 9.17) is 4.74 Å². The quantitative estimate of drug-likeness (QED) is 0.890. The van der Waals surface area contributed by atoms with Crippen LogP contribution in [0.2, 0.25) is 0 Å². The maximum atomic E-state index is 12.5. The molecule has 3 rings (SSSR count). The fourth-order valence-electron chi connectivity index (χ4n) is 3.09. The molecule has 0 aliphatic carbocycles. The molecule has 26 heavy (non-hydrogen) atoms. The summed E-state index contributed by atoms with van der Waals surface area (Å²) in [4.78, 5) is 26.6. The van der Waals surface area contributed by atoms with Gasteiger partial charge in [0.1, 0.15) is 5.75 Å². The highest BCUT2D eigenvalue weighted by Gasteiger charge is 2.35. The predicted molar refractivity (Wildman–Crippen MR) is 103 cm³/mol. The number of benzene rings is 2. The molecule has 2 aromatic rings. The molecule has 1 aliphatic rings. The zero-order valence-corrected chi connectivity index (χ0v) is 15.4. The van der Waals surface area contributed by atoms with Crippen LogP contribution in [0.25, 0.3) is 0 Å². The van der Waals surface area contributed by atoms with Crippen molar-refractivity contribution in [2.24, 2.45) is 5.92 Å². The number of ether oxygens (including phenoxy) is 1. The Hall–Kier alpha value is -2.82. The normalized spacial score (nSPS) is 16.8. The summed E-state index contributed by atoms with van der Waals surface area (Å²) in [6.07, 6.45) is 0.230. The smallest absolute Gasteiger partial charge is 0.229 e. The molecule has 2 amide bonds. The summed E-state index contributed by atoms with van der Waals surface area (Å²) in [6.45, 7) is 4.67. The van der Waals surface area contributed by atoms with Crippen LogP contribution in [0.5, 0.6) is 5.75 Å². The summed E-state index contributed by atoms with van der Waals surface area (Å²) < 4.78 is 5.11. The van der Waals surface area contributed by atoms with Gasteiger partial charge in [-0.25, -0.2) is 0 Å². The largest absolute Gasteiger partial charge is 0.497 e. The lowest BCUT2D eigenvalue weighted by Crippen LogP contribution is -2.28. The van der Waals surface area contributed by atoms with Gasteiger partial charge in [0, 0.05) is 24.3 Å². The lowest BCUT2D eigenvalue weighted by molar-refractivity contribution is -0.122. The summed E-state index contributed by atoms with van der Waals surface area (Å²) >= 11 is 0. The van der Waals surface area contributed by atoms with Crippen LogP contribution in [-0.4, -0.2) is 25.5 Å². The third-order valence-electron chi connectivity index (χ3n) is 4.72. The van der Waals surface area contributed by atoms with Crippen molar-refractivity contribution in [3.05, 3.63) is 54.1 Å². The number of amides is 2. The van der Waals surface area contributed by atoms with E-state index in [0.717, 1.165) is 11.4 Å². The Morgan fingerprint density at radius 3 is 2.35 bits per heavy atom. The first kappa shape index (κ1) is 18.0. The second-order valence-corrected chi connectivity index (χ2v) is 6.87. The summed E-state index contributed by atoms with van der Waals surface area (Å²) in [5, 5.41) is 2.88. The predicted octanol–water partition coefficient (Wildman–Crippen LogP) is 3.81. The van der Waals surface area contributed by atoms with Crippen molar-refractivity contribution in [1.29, 1.82) is 0 Å². The number of carbonyl (C=O) groups is 2. The van der Waals surface area contributed by atoms with Gasteiger partial charge in [-0.1, -0.05) is 26.0 Å². The SMILES string of the molecule is COc1ccc(NC(=O)C2CC(=O)N(c3ccc(C(C)C)cc3)C2)cc1. The monoisotopic (exact) mass is 352 g/mol. The van der Waals surface area contributed by atoms with E-state index in [0.29, 0.717) is 18.2 Å². The number of nitrogens with one attached hydrogen (secondary N) is 1. The molecular weight excluding hydrogens is 328 g/mol. The number of hydrogen-bond donors (Lipinski definition) is 1. The van der Waals surface area contributed by atoms with Gasteiger partial charge in [0.05, 0.1) is 13.0 Å². The Balaban J connectivity index is 1.65. The van der Waals surface area contributed by atoms with Gasteiger partial charge < -0.3 is 15.0 Å². The molecule has 0 radical (unpaired) electrons. The van der Waals surface area contributed by atoms with E-state index in [-0.39, 0.29) is 24.2 Å². The van der Waals surface area contributed by atoms with Crippen molar-refractivity contribution < 1.29 is 14.3 Å². The first-order valence-corrected chi connectivity index (χ1v) is 8.83. The van der Waals surface area contributed by atoms with Crippen molar-refractivity contribution in [2.45, 2.75) is 26.2 Å². The van der Waals surface area contributed by atoms with Crippen molar-refractivity contribution in [1.82, 2.24) is 0 Å². The Morgan fingerprint density at radius 2 is 1.77 bits per heavy atom. The van der Waals surface area contributed by atoms with Crippen LogP contribution < -0.4 is 15.0 Å². The zero-order chi connectivity index (χ0) is 18.7. The lowest BCUT2D eigenvalue weighted by Gasteiger charge is -2.18. The Bertz CT molecular complexity index is 782. The van der Waals surface area contributed by atoms with E-state index in [1.807, 2.05) is 24.3 Å². The minimum Gasteiger partial charge on any atom is -0.497 e. The fourth-order valence-corrected chi connectivity index (χ4v) is 3.09. The highest BCUT2D eigenvalue weighted by molar-refractivity contribution is 6.03. The van der Waals surface area contributed by atoms with Crippen LogP contribution in [0.15, 0.2) is 48.5 Å². The third-order valence-corrected chi connectivity index (χ3v) is 4.72. The Labute approximate surface area is 154 Å². The maximum Gasteiger partial charge on any atom is 0.229 e. The summed E-state index contributed by atoms with van der Waals surface area (Å²) in [6, 6.07) is 15.1.